The number of nitrogens with zero attached hydrogens (tertiary/aromatic N) is 1. The highest BCUT2D eigenvalue weighted by molar-refractivity contribution is 7.18. The van der Waals surface area contributed by atoms with Crippen LogP contribution < -0.4 is 5.32 Å². The van der Waals surface area contributed by atoms with Gasteiger partial charge in [-0.3, -0.25) is 4.79 Å². The second kappa shape index (κ2) is 10.3. The first-order valence-electron chi connectivity index (χ1n) is 8.74. The molecule has 0 atom stereocenters. The van der Waals surface area contributed by atoms with Crippen molar-refractivity contribution in [3.05, 3.63) is 46.1 Å². The first kappa shape index (κ1) is 22.0. The Morgan fingerprint density at radius 1 is 1.00 bits per heavy atom. The van der Waals surface area contributed by atoms with Crippen LogP contribution in [0.25, 0.3) is 0 Å². The van der Waals surface area contributed by atoms with Gasteiger partial charge in [0.25, 0.3) is 5.91 Å². The average Bonchev–Trinajstić information content (AvgIpc) is 3.03. The fraction of sp³-hybridized carbons (Fsp3) is 0.316. The lowest BCUT2D eigenvalue weighted by Gasteiger charge is -2.07. The molecule has 154 valence electrons. The number of anilines is 1. The van der Waals surface area contributed by atoms with Crippen molar-refractivity contribution in [2.45, 2.75) is 20.8 Å². The molecule has 2 aromatic rings. The summed E-state index contributed by atoms with van der Waals surface area (Å²) in [6.45, 7) is 4.55. The monoisotopic (exact) mass is 420 g/mol. The molecular weight excluding hydrogens is 400 g/mol. The highest BCUT2D eigenvalue weighted by Crippen LogP contribution is 2.34. The van der Waals surface area contributed by atoms with E-state index in [1.54, 1.807) is 32.9 Å². The Morgan fingerprint density at radius 3 is 2.31 bits per heavy atom. The molecule has 1 N–H and O–H groups in total. The van der Waals surface area contributed by atoms with Crippen molar-refractivity contribution in [2.24, 2.45) is 0 Å². The molecule has 0 aliphatic carbocycles. The maximum absolute atomic E-state index is 12.3. The Kier molecular flexibility index (Phi) is 7.84. The fourth-order valence-electron chi connectivity index (χ4n) is 2.29. The summed E-state index contributed by atoms with van der Waals surface area (Å²) in [5.74, 6) is -2.74. The third-order valence-corrected chi connectivity index (χ3v) is 4.74. The van der Waals surface area contributed by atoms with E-state index in [1.807, 2.05) is 0 Å². The third-order valence-electron chi connectivity index (χ3n) is 3.55. The largest absolute Gasteiger partial charge is 0.462 e. The fourth-order valence-corrected chi connectivity index (χ4v) is 3.40. The zero-order chi connectivity index (χ0) is 21.4. The van der Waals surface area contributed by atoms with E-state index in [0.29, 0.717) is 5.56 Å². The number of hydrogen-bond acceptors (Lipinski definition) is 9. The van der Waals surface area contributed by atoms with Crippen molar-refractivity contribution < 1.29 is 33.4 Å². The summed E-state index contributed by atoms with van der Waals surface area (Å²) in [5, 5.41) is 2.60. The van der Waals surface area contributed by atoms with Crippen molar-refractivity contribution >= 4 is 40.2 Å². The molecule has 0 fully saturated rings. The molecule has 9 nitrogen and oxygen atoms in total. The van der Waals surface area contributed by atoms with Crippen LogP contribution in [0.15, 0.2) is 24.4 Å². The summed E-state index contributed by atoms with van der Waals surface area (Å²) in [4.78, 5) is 52.5. The first-order chi connectivity index (χ1) is 13.9. The number of amides is 1. The SMILES string of the molecule is CCOC(=O)c1sc(NC(=O)COC(=O)c2ccccn2)c(C(=O)OCC)c1C. The van der Waals surface area contributed by atoms with E-state index >= 15 is 0 Å². The average molecular weight is 420 g/mol. The van der Waals surface area contributed by atoms with Crippen molar-refractivity contribution in [1.82, 2.24) is 4.98 Å². The van der Waals surface area contributed by atoms with Crippen LogP contribution in [0.1, 0.15) is 49.9 Å². The van der Waals surface area contributed by atoms with Gasteiger partial charge < -0.3 is 19.5 Å². The molecule has 0 unspecified atom stereocenters. The lowest BCUT2D eigenvalue weighted by atomic mass is 10.1. The second-order valence-corrected chi connectivity index (χ2v) is 6.56. The predicted octanol–water partition coefficient (Wildman–Crippen LogP) is 2.60. The molecule has 2 rings (SSSR count). The molecular formula is C19H20N2O7S. The molecule has 0 spiro atoms. The molecule has 0 saturated carbocycles. The molecule has 0 aliphatic rings. The molecule has 10 heteroatoms. The van der Waals surface area contributed by atoms with Crippen LogP contribution >= 0.6 is 11.3 Å². The van der Waals surface area contributed by atoms with Gasteiger partial charge in [-0.2, -0.15) is 0 Å². The molecule has 0 bridgehead atoms. The predicted molar refractivity (Wildman–Crippen MR) is 104 cm³/mol. The molecule has 2 aromatic heterocycles. The number of aromatic nitrogens is 1. The van der Waals surface area contributed by atoms with Gasteiger partial charge in [-0.05, 0) is 38.5 Å². The van der Waals surface area contributed by atoms with Crippen LogP contribution in [0.4, 0.5) is 5.00 Å². The summed E-state index contributed by atoms with van der Waals surface area (Å²) in [7, 11) is 0. The number of carbonyl (C=O) groups excluding carboxylic acids is 4. The quantitative estimate of drug-likeness (QED) is 0.511. The maximum Gasteiger partial charge on any atom is 0.357 e. The summed E-state index contributed by atoms with van der Waals surface area (Å²) in [5.41, 5.74) is 0.459. The van der Waals surface area contributed by atoms with E-state index < -0.39 is 30.4 Å². The Hall–Kier alpha value is -3.27. The molecule has 0 radical (unpaired) electrons. The van der Waals surface area contributed by atoms with Crippen molar-refractivity contribution in [1.29, 1.82) is 0 Å². The van der Waals surface area contributed by atoms with Crippen molar-refractivity contribution in [3.63, 3.8) is 0 Å². The van der Waals surface area contributed by atoms with E-state index in [1.165, 1.54) is 12.3 Å². The van der Waals surface area contributed by atoms with Crippen LogP contribution in [0.5, 0.6) is 0 Å². The lowest BCUT2D eigenvalue weighted by Crippen LogP contribution is -2.22. The summed E-state index contributed by atoms with van der Waals surface area (Å²) in [6.07, 6.45) is 1.42. The van der Waals surface area contributed by atoms with Gasteiger partial charge in [0.05, 0.1) is 18.8 Å². The smallest absolute Gasteiger partial charge is 0.357 e. The Morgan fingerprint density at radius 2 is 1.69 bits per heavy atom. The van der Waals surface area contributed by atoms with Crippen LogP contribution in [-0.4, -0.2) is 48.6 Å². The van der Waals surface area contributed by atoms with Crippen LogP contribution in [-0.2, 0) is 19.0 Å². The van der Waals surface area contributed by atoms with Crippen molar-refractivity contribution in [3.8, 4) is 0 Å². The van der Waals surface area contributed by atoms with Gasteiger partial charge in [0.15, 0.2) is 6.61 Å². The topological polar surface area (TPSA) is 121 Å². The zero-order valence-electron chi connectivity index (χ0n) is 16.1. The summed E-state index contributed by atoms with van der Waals surface area (Å²) in [6, 6.07) is 4.70. The molecule has 2 heterocycles. The standard InChI is InChI=1S/C19H20N2O7S/c1-4-26-18(24)14-11(3)15(19(25)27-5-2)29-16(14)21-13(22)10-28-17(23)12-8-6-7-9-20-12/h6-9H,4-5,10H2,1-3H3,(H,21,22). The van der Waals surface area contributed by atoms with Gasteiger partial charge >= 0.3 is 17.9 Å². The molecule has 0 saturated heterocycles. The van der Waals surface area contributed by atoms with Crippen LogP contribution in [0.2, 0.25) is 0 Å². The number of thiophene rings is 1. The Labute approximate surface area is 171 Å². The van der Waals surface area contributed by atoms with E-state index in [2.05, 4.69) is 10.3 Å². The number of nitrogens with one attached hydrogen (secondary N) is 1. The zero-order valence-corrected chi connectivity index (χ0v) is 17.0. The van der Waals surface area contributed by atoms with E-state index in [9.17, 15) is 19.2 Å². The highest BCUT2D eigenvalue weighted by atomic mass is 32.1. The maximum atomic E-state index is 12.3. The van der Waals surface area contributed by atoms with Gasteiger partial charge in [0.2, 0.25) is 0 Å². The number of hydrogen-bond donors (Lipinski definition) is 1. The second-order valence-electron chi connectivity index (χ2n) is 5.54. The highest BCUT2D eigenvalue weighted by Gasteiger charge is 2.27. The van der Waals surface area contributed by atoms with Crippen LogP contribution in [0.3, 0.4) is 0 Å². The van der Waals surface area contributed by atoms with Gasteiger partial charge in [0, 0.05) is 6.20 Å². The summed E-state index contributed by atoms with van der Waals surface area (Å²) < 4.78 is 14.9. The number of carbonyl (C=O) groups is 4. The van der Waals surface area contributed by atoms with Gasteiger partial charge in [-0.15, -0.1) is 11.3 Å². The molecule has 1 amide bonds. The Bertz CT molecular complexity index is 909. The Balaban J connectivity index is 2.16. The minimum Gasteiger partial charge on any atom is -0.462 e. The molecule has 0 aliphatic heterocycles. The number of pyridine rings is 1. The number of rotatable bonds is 8. The van der Waals surface area contributed by atoms with Gasteiger partial charge in [0.1, 0.15) is 15.6 Å². The van der Waals surface area contributed by atoms with Crippen LogP contribution in [0, 0.1) is 6.92 Å². The minimum absolute atomic E-state index is 0.0593. The summed E-state index contributed by atoms with van der Waals surface area (Å²) >= 11 is 0.887. The lowest BCUT2D eigenvalue weighted by molar-refractivity contribution is -0.119. The molecule has 29 heavy (non-hydrogen) atoms. The van der Waals surface area contributed by atoms with Gasteiger partial charge in [-0.25, -0.2) is 19.4 Å². The molecule has 0 aromatic carbocycles. The van der Waals surface area contributed by atoms with Gasteiger partial charge in [-0.1, -0.05) is 6.07 Å². The van der Waals surface area contributed by atoms with Crippen molar-refractivity contribution in [2.75, 3.05) is 25.1 Å². The van der Waals surface area contributed by atoms with E-state index in [0.717, 1.165) is 11.3 Å². The minimum atomic E-state index is -0.763. The third kappa shape index (κ3) is 5.61. The van der Waals surface area contributed by atoms with E-state index in [4.69, 9.17) is 14.2 Å². The van der Waals surface area contributed by atoms with E-state index in [-0.39, 0.29) is 34.3 Å². The normalized spacial score (nSPS) is 10.2. The number of ether oxygens (including phenoxy) is 3. The first-order valence-corrected chi connectivity index (χ1v) is 9.56. The number of esters is 3.